The Morgan fingerprint density at radius 2 is 1.84 bits per heavy atom. The van der Waals surface area contributed by atoms with Crippen molar-refractivity contribution in [2.45, 2.75) is 38.9 Å². The standard InChI is InChI=1S/C14H20BNO2S/c1-6-19-16-12-9-7-8-11(10-12)15-17-13(2,3)14(4,5)18-15/h6-10,16H,1H2,2-5H3. The lowest BCUT2D eigenvalue weighted by Gasteiger charge is -2.32. The van der Waals surface area contributed by atoms with E-state index in [2.05, 4.69) is 39.0 Å². The van der Waals surface area contributed by atoms with Gasteiger partial charge in [-0.05, 0) is 62.6 Å². The fourth-order valence-corrected chi connectivity index (χ4v) is 2.18. The molecule has 1 aliphatic rings. The monoisotopic (exact) mass is 277 g/mol. The summed E-state index contributed by atoms with van der Waals surface area (Å²) in [6.45, 7) is 11.9. The molecule has 0 saturated carbocycles. The van der Waals surface area contributed by atoms with Gasteiger partial charge in [-0.1, -0.05) is 18.7 Å². The Balaban J connectivity index is 2.17. The van der Waals surface area contributed by atoms with Gasteiger partial charge in [0, 0.05) is 5.69 Å². The van der Waals surface area contributed by atoms with Crippen LogP contribution in [0, 0.1) is 0 Å². The van der Waals surface area contributed by atoms with Crippen molar-refractivity contribution < 1.29 is 9.31 Å². The van der Waals surface area contributed by atoms with E-state index in [9.17, 15) is 0 Å². The number of benzene rings is 1. The first-order valence-electron chi connectivity index (χ1n) is 6.34. The molecule has 0 atom stereocenters. The average molecular weight is 277 g/mol. The summed E-state index contributed by atoms with van der Waals surface area (Å²) >= 11 is 1.44. The fraction of sp³-hybridized carbons (Fsp3) is 0.429. The van der Waals surface area contributed by atoms with Crippen LogP contribution in [-0.4, -0.2) is 18.3 Å². The largest absolute Gasteiger partial charge is 0.494 e. The minimum Gasteiger partial charge on any atom is -0.399 e. The van der Waals surface area contributed by atoms with E-state index in [1.165, 1.54) is 11.9 Å². The highest BCUT2D eigenvalue weighted by molar-refractivity contribution is 8.03. The van der Waals surface area contributed by atoms with E-state index in [0.717, 1.165) is 11.2 Å². The Bertz CT molecular complexity index is 460. The second kappa shape index (κ2) is 5.23. The molecule has 0 radical (unpaired) electrons. The third kappa shape index (κ3) is 2.99. The molecule has 1 fully saturated rings. The van der Waals surface area contributed by atoms with Crippen molar-refractivity contribution in [2.75, 3.05) is 4.72 Å². The summed E-state index contributed by atoms with van der Waals surface area (Å²) in [6, 6.07) is 8.06. The summed E-state index contributed by atoms with van der Waals surface area (Å²) in [5.74, 6) is 0. The topological polar surface area (TPSA) is 30.5 Å². The van der Waals surface area contributed by atoms with Crippen LogP contribution in [0.25, 0.3) is 0 Å². The minimum atomic E-state index is -0.319. The van der Waals surface area contributed by atoms with Gasteiger partial charge >= 0.3 is 7.12 Å². The van der Waals surface area contributed by atoms with Crippen LogP contribution in [-0.2, 0) is 9.31 Å². The van der Waals surface area contributed by atoms with E-state index in [1.54, 1.807) is 5.41 Å². The summed E-state index contributed by atoms with van der Waals surface area (Å²) in [5, 5.41) is 1.75. The van der Waals surface area contributed by atoms with Crippen molar-refractivity contribution in [3.05, 3.63) is 36.3 Å². The van der Waals surface area contributed by atoms with E-state index < -0.39 is 0 Å². The van der Waals surface area contributed by atoms with Crippen LogP contribution in [0.15, 0.2) is 36.3 Å². The van der Waals surface area contributed by atoms with Gasteiger partial charge in [-0.25, -0.2) is 0 Å². The Morgan fingerprint density at radius 1 is 1.21 bits per heavy atom. The van der Waals surface area contributed by atoms with E-state index in [-0.39, 0.29) is 18.3 Å². The lowest BCUT2D eigenvalue weighted by Crippen LogP contribution is -2.41. The third-order valence-corrected chi connectivity index (χ3v) is 4.19. The zero-order valence-electron chi connectivity index (χ0n) is 11.9. The molecule has 1 aliphatic heterocycles. The summed E-state index contributed by atoms with van der Waals surface area (Å²) in [5.41, 5.74) is 1.42. The second-order valence-corrected chi connectivity index (χ2v) is 6.37. The van der Waals surface area contributed by atoms with Crippen molar-refractivity contribution in [2.24, 2.45) is 0 Å². The van der Waals surface area contributed by atoms with Gasteiger partial charge in [0.05, 0.1) is 11.2 Å². The van der Waals surface area contributed by atoms with Crippen molar-refractivity contribution in [1.82, 2.24) is 0 Å². The van der Waals surface area contributed by atoms with Crippen LogP contribution in [0.2, 0.25) is 0 Å². The van der Waals surface area contributed by atoms with Crippen LogP contribution in [0.3, 0.4) is 0 Å². The average Bonchev–Trinajstić information content (AvgIpc) is 2.56. The summed E-state index contributed by atoms with van der Waals surface area (Å²) in [4.78, 5) is 0. The first kappa shape index (κ1) is 14.5. The van der Waals surface area contributed by atoms with E-state index in [1.807, 2.05) is 24.3 Å². The molecule has 0 amide bonds. The third-order valence-electron chi connectivity index (χ3n) is 3.67. The predicted molar refractivity (Wildman–Crippen MR) is 83.6 cm³/mol. The number of nitrogens with one attached hydrogen (secondary N) is 1. The Labute approximate surface area is 120 Å². The molecular formula is C14H20BNO2S. The summed E-state index contributed by atoms with van der Waals surface area (Å²) < 4.78 is 15.3. The van der Waals surface area contributed by atoms with Crippen LogP contribution in [0.1, 0.15) is 27.7 Å². The molecule has 0 unspecified atom stereocenters. The molecule has 1 heterocycles. The van der Waals surface area contributed by atoms with Crippen molar-refractivity contribution in [3.8, 4) is 0 Å². The molecule has 2 rings (SSSR count). The van der Waals surface area contributed by atoms with Gasteiger partial charge < -0.3 is 14.0 Å². The Kier molecular flexibility index (Phi) is 3.99. The molecule has 102 valence electrons. The summed E-state index contributed by atoms with van der Waals surface area (Å²) in [7, 11) is -0.319. The van der Waals surface area contributed by atoms with Crippen LogP contribution in [0.4, 0.5) is 5.69 Å². The second-order valence-electron chi connectivity index (χ2n) is 5.60. The highest BCUT2D eigenvalue weighted by Gasteiger charge is 2.51. The maximum atomic E-state index is 6.03. The smallest absolute Gasteiger partial charge is 0.399 e. The molecular weight excluding hydrogens is 257 g/mol. The predicted octanol–water partition coefficient (Wildman–Crippen LogP) is 3.19. The van der Waals surface area contributed by atoms with Gasteiger partial charge in [-0.15, -0.1) is 0 Å². The van der Waals surface area contributed by atoms with Gasteiger partial charge in [0.15, 0.2) is 0 Å². The highest BCUT2D eigenvalue weighted by atomic mass is 32.2. The number of anilines is 1. The lowest BCUT2D eigenvalue weighted by molar-refractivity contribution is 0.00578. The van der Waals surface area contributed by atoms with Crippen LogP contribution >= 0.6 is 11.9 Å². The van der Waals surface area contributed by atoms with Crippen molar-refractivity contribution in [1.29, 1.82) is 0 Å². The molecule has 1 aromatic rings. The quantitative estimate of drug-likeness (QED) is 0.676. The van der Waals surface area contributed by atoms with Gasteiger partial charge in [0.25, 0.3) is 0 Å². The molecule has 1 N–H and O–H groups in total. The molecule has 3 nitrogen and oxygen atoms in total. The molecule has 1 saturated heterocycles. The van der Waals surface area contributed by atoms with Gasteiger partial charge in [-0.2, -0.15) is 0 Å². The van der Waals surface area contributed by atoms with Crippen LogP contribution in [0.5, 0.6) is 0 Å². The van der Waals surface area contributed by atoms with Crippen LogP contribution < -0.4 is 10.2 Å². The first-order chi connectivity index (χ1) is 8.86. The maximum absolute atomic E-state index is 6.03. The first-order valence-corrected chi connectivity index (χ1v) is 7.22. The zero-order valence-corrected chi connectivity index (χ0v) is 12.7. The van der Waals surface area contributed by atoms with E-state index in [0.29, 0.717) is 0 Å². The minimum absolute atomic E-state index is 0.309. The van der Waals surface area contributed by atoms with E-state index >= 15 is 0 Å². The van der Waals surface area contributed by atoms with Gasteiger partial charge in [-0.3, -0.25) is 0 Å². The van der Waals surface area contributed by atoms with Crippen molar-refractivity contribution >= 4 is 30.2 Å². The molecule has 1 aromatic carbocycles. The Morgan fingerprint density at radius 3 is 2.42 bits per heavy atom. The number of rotatable bonds is 4. The molecule has 0 bridgehead atoms. The zero-order chi connectivity index (χ0) is 14.1. The molecule has 0 spiro atoms. The highest BCUT2D eigenvalue weighted by Crippen LogP contribution is 2.36. The SMILES string of the molecule is C=CSNc1cccc(B2OC(C)(C)C(C)(C)O2)c1. The van der Waals surface area contributed by atoms with E-state index in [4.69, 9.17) is 9.31 Å². The fourth-order valence-electron chi connectivity index (χ4n) is 1.84. The lowest BCUT2D eigenvalue weighted by atomic mass is 9.79. The van der Waals surface area contributed by atoms with Gasteiger partial charge in [0.1, 0.15) is 0 Å². The normalized spacial score (nSPS) is 20.3. The Hall–Kier alpha value is -0.905. The maximum Gasteiger partial charge on any atom is 0.494 e. The molecule has 19 heavy (non-hydrogen) atoms. The molecule has 0 aliphatic carbocycles. The summed E-state index contributed by atoms with van der Waals surface area (Å²) in [6.07, 6.45) is 0. The van der Waals surface area contributed by atoms with Gasteiger partial charge in [0.2, 0.25) is 0 Å². The number of hydrogen-bond donors (Lipinski definition) is 1. The number of hydrogen-bond acceptors (Lipinski definition) is 4. The molecule has 5 heteroatoms. The molecule has 0 aromatic heterocycles. The van der Waals surface area contributed by atoms with Crippen molar-refractivity contribution in [3.63, 3.8) is 0 Å².